The second-order valence-corrected chi connectivity index (χ2v) is 5.94. The zero-order chi connectivity index (χ0) is 15.5. The fourth-order valence-electron chi connectivity index (χ4n) is 3.46. The topological polar surface area (TPSA) is 95.4 Å². The van der Waals surface area contributed by atoms with Gasteiger partial charge in [0.05, 0.1) is 17.3 Å². The molecule has 1 aliphatic carbocycles. The van der Waals surface area contributed by atoms with Crippen LogP contribution in [0.1, 0.15) is 21.6 Å². The van der Waals surface area contributed by atoms with Gasteiger partial charge in [0.1, 0.15) is 17.0 Å². The average Bonchev–Trinajstić information content (AvgIpc) is 3.03. The monoisotopic (exact) mass is 298 g/mol. The number of hydrogen-bond acceptors (Lipinski definition) is 5. The summed E-state index contributed by atoms with van der Waals surface area (Å²) in [6, 6.07) is 1.76. The summed E-state index contributed by atoms with van der Waals surface area (Å²) in [6.45, 7) is 0.549. The minimum atomic E-state index is -0.345. The molecular formula is C15H14N4O3. The van der Waals surface area contributed by atoms with Gasteiger partial charge in [0.2, 0.25) is 0 Å². The minimum absolute atomic E-state index is 0.0991. The van der Waals surface area contributed by atoms with Crippen LogP contribution in [-0.4, -0.2) is 51.4 Å². The quantitative estimate of drug-likeness (QED) is 0.753. The van der Waals surface area contributed by atoms with Gasteiger partial charge in [-0.2, -0.15) is 0 Å². The summed E-state index contributed by atoms with van der Waals surface area (Å²) in [5, 5.41) is 13.4. The van der Waals surface area contributed by atoms with E-state index in [2.05, 4.69) is 15.3 Å². The number of benzene rings is 1. The lowest BCUT2D eigenvalue weighted by Crippen LogP contribution is -2.45. The molecule has 1 spiro atoms. The molecule has 0 bridgehead atoms. The van der Waals surface area contributed by atoms with E-state index in [9.17, 15) is 14.7 Å². The van der Waals surface area contributed by atoms with Crippen LogP contribution in [0.15, 0.2) is 12.3 Å². The SMILES string of the molecule is CN1C(=O)NCC12Cc1cc3nc(C=O)cnc3c(O)c1C2. The Kier molecular flexibility index (Phi) is 2.46. The van der Waals surface area contributed by atoms with Crippen molar-refractivity contribution in [3.63, 3.8) is 0 Å². The fourth-order valence-corrected chi connectivity index (χ4v) is 3.46. The van der Waals surface area contributed by atoms with Gasteiger partial charge in [-0.15, -0.1) is 0 Å². The molecule has 2 N–H and O–H groups in total. The predicted octanol–water partition coefficient (Wildman–Crippen LogP) is 0.640. The summed E-state index contributed by atoms with van der Waals surface area (Å²) in [5.74, 6) is 0.0991. The molecule has 1 aliphatic heterocycles. The number of nitrogens with zero attached hydrogens (tertiary/aromatic N) is 3. The summed E-state index contributed by atoms with van der Waals surface area (Å²) in [5.41, 5.74) is 2.53. The Balaban J connectivity index is 1.87. The Bertz CT molecular complexity index is 835. The maximum atomic E-state index is 11.8. The molecule has 1 unspecified atom stereocenters. The van der Waals surface area contributed by atoms with Crippen LogP contribution in [0.25, 0.3) is 11.0 Å². The van der Waals surface area contributed by atoms with Crippen LogP contribution in [0.5, 0.6) is 5.75 Å². The van der Waals surface area contributed by atoms with E-state index < -0.39 is 0 Å². The number of amides is 2. The van der Waals surface area contributed by atoms with Gasteiger partial charge in [0.25, 0.3) is 0 Å². The number of carbonyl (C=O) groups is 2. The number of nitrogens with one attached hydrogen (secondary N) is 1. The van der Waals surface area contributed by atoms with Crippen molar-refractivity contribution in [1.82, 2.24) is 20.2 Å². The Labute approximate surface area is 126 Å². The van der Waals surface area contributed by atoms with Crippen molar-refractivity contribution in [2.75, 3.05) is 13.6 Å². The molecular weight excluding hydrogens is 284 g/mol. The van der Waals surface area contributed by atoms with E-state index in [1.54, 1.807) is 11.9 Å². The molecule has 2 amide bonds. The Hall–Kier alpha value is -2.70. The van der Waals surface area contributed by atoms with Crippen molar-refractivity contribution in [3.8, 4) is 5.75 Å². The number of fused-ring (bicyclic) bond motifs is 2. The van der Waals surface area contributed by atoms with Gasteiger partial charge in [-0.3, -0.25) is 4.79 Å². The third kappa shape index (κ3) is 1.56. The second-order valence-electron chi connectivity index (χ2n) is 5.94. The van der Waals surface area contributed by atoms with Gasteiger partial charge in [-0.05, 0) is 18.1 Å². The van der Waals surface area contributed by atoms with E-state index in [0.717, 1.165) is 11.1 Å². The number of aromatic nitrogens is 2. The first-order valence-electron chi connectivity index (χ1n) is 7.01. The van der Waals surface area contributed by atoms with Crippen LogP contribution in [-0.2, 0) is 12.8 Å². The van der Waals surface area contributed by atoms with Crippen molar-refractivity contribution in [3.05, 3.63) is 29.1 Å². The standard InChI is InChI=1S/C15H14N4O3/c1-19-14(22)17-7-15(19)3-8-2-11-12(13(21)10(8)4-15)16-5-9(6-20)18-11/h2,5-6,21H,3-4,7H2,1H3,(H,17,22). The van der Waals surface area contributed by atoms with Crippen LogP contribution < -0.4 is 5.32 Å². The van der Waals surface area contributed by atoms with Crippen LogP contribution in [0.2, 0.25) is 0 Å². The molecule has 2 aliphatic rings. The second kappa shape index (κ2) is 4.16. The lowest BCUT2D eigenvalue weighted by molar-refractivity contribution is 0.111. The molecule has 112 valence electrons. The van der Waals surface area contributed by atoms with Gasteiger partial charge in [0.15, 0.2) is 6.29 Å². The Morgan fingerprint density at radius 2 is 2.27 bits per heavy atom. The number of hydrogen-bond donors (Lipinski definition) is 2. The van der Waals surface area contributed by atoms with Gasteiger partial charge in [-0.25, -0.2) is 14.8 Å². The molecule has 0 radical (unpaired) electrons. The third-order valence-electron chi connectivity index (χ3n) is 4.76. The zero-order valence-corrected chi connectivity index (χ0v) is 12.0. The number of rotatable bonds is 1. The average molecular weight is 298 g/mol. The molecule has 1 fully saturated rings. The van der Waals surface area contributed by atoms with Crippen molar-refractivity contribution in [2.24, 2.45) is 0 Å². The normalized spacial score (nSPS) is 23.1. The molecule has 2 aromatic rings. The summed E-state index contributed by atoms with van der Waals surface area (Å²) in [7, 11) is 1.77. The summed E-state index contributed by atoms with van der Waals surface area (Å²) in [6.07, 6.45) is 3.20. The number of phenolic OH excluding ortho intramolecular Hbond substituents is 1. The van der Waals surface area contributed by atoms with Crippen molar-refractivity contribution < 1.29 is 14.7 Å². The molecule has 4 rings (SSSR count). The first kappa shape index (κ1) is 13.0. The lowest BCUT2D eigenvalue weighted by Gasteiger charge is -2.29. The number of aldehydes is 1. The first-order chi connectivity index (χ1) is 10.5. The molecule has 1 atom stereocenters. The number of likely N-dealkylation sites (N-methyl/N-ethyl adjacent to an activating group) is 1. The van der Waals surface area contributed by atoms with E-state index in [-0.39, 0.29) is 23.0 Å². The highest BCUT2D eigenvalue weighted by Crippen LogP contribution is 2.42. The molecule has 2 heterocycles. The Morgan fingerprint density at radius 1 is 1.45 bits per heavy atom. The van der Waals surface area contributed by atoms with Gasteiger partial charge < -0.3 is 15.3 Å². The molecule has 0 saturated carbocycles. The zero-order valence-electron chi connectivity index (χ0n) is 12.0. The van der Waals surface area contributed by atoms with Gasteiger partial charge >= 0.3 is 6.03 Å². The number of urea groups is 1. The van der Waals surface area contributed by atoms with Gasteiger partial charge in [-0.1, -0.05) is 0 Å². The third-order valence-corrected chi connectivity index (χ3v) is 4.76. The van der Waals surface area contributed by atoms with Crippen molar-refractivity contribution >= 4 is 23.4 Å². The highest BCUT2D eigenvalue weighted by atomic mass is 16.3. The Morgan fingerprint density at radius 3 is 2.95 bits per heavy atom. The fraction of sp³-hybridized carbons (Fsp3) is 0.333. The van der Waals surface area contributed by atoms with E-state index in [0.29, 0.717) is 36.7 Å². The van der Waals surface area contributed by atoms with Crippen LogP contribution in [0, 0.1) is 0 Å². The first-order valence-corrected chi connectivity index (χ1v) is 7.01. The molecule has 22 heavy (non-hydrogen) atoms. The van der Waals surface area contributed by atoms with Crippen molar-refractivity contribution in [2.45, 2.75) is 18.4 Å². The maximum Gasteiger partial charge on any atom is 0.317 e. The van der Waals surface area contributed by atoms with Crippen LogP contribution in [0.4, 0.5) is 4.79 Å². The molecule has 7 heteroatoms. The summed E-state index contributed by atoms with van der Waals surface area (Å²) >= 11 is 0. The molecule has 1 aromatic carbocycles. The lowest BCUT2D eigenvalue weighted by atomic mass is 9.96. The number of aromatic hydroxyl groups is 1. The smallest absolute Gasteiger partial charge is 0.317 e. The predicted molar refractivity (Wildman–Crippen MR) is 77.9 cm³/mol. The summed E-state index contributed by atoms with van der Waals surface area (Å²) < 4.78 is 0. The van der Waals surface area contributed by atoms with E-state index >= 15 is 0 Å². The van der Waals surface area contributed by atoms with E-state index in [1.165, 1.54) is 6.20 Å². The minimum Gasteiger partial charge on any atom is -0.505 e. The van der Waals surface area contributed by atoms with Crippen LogP contribution >= 0.6 is 0 Å². The molecule has 1 aromatic heterocycles. The summed E-state index contributed by atoms with van der Waals surface area (Å²) in [4.78, 5) is 32.6. The molecule has 1 saturated heterocycles. The van der Waals surface area contributed by atoms with Crippen LogP contribution in [0.3, 0.4) is 0 Å². The van der Waals surface area contributed by atoms with E-state index in [1.807, 2.05) is 6.07 Å². The highest BCUT2D eigenvalue weighted by molar-refractivity contribution is 5.87. The van der Waals surface area contributed by atoms with Gasteiger partial charge in [0, 0.05) is 25.6 Å². The molecule has 7 nitrogen and oxygen atoms in total. The van der Waals surface area contributed by atoms with Crippen molar-refractivity contribution in [1.29, 1.82) is 0 Å². The number of phenols is 1. The maximum absolute atomic E-state index is 11.8. The van der Waals surface area contributed by atoms with E-state index in [4.69, 9.17) is 0 Å². The highest BCUT2D eigenvalue weighted by Gasteiger charge is 2.48. The largest absolute Gasteiger partial charge is 0.505 e. The number of carbonyl (C=O) groups excluding carboxylic acids is 2.